The van der Waals surface area contributed by atoms with Crippen molar-refractivity contribution in [3.63, 3.8) is 0 Å². The SMILES string of the molecule is O[C@@H]1CC[C@H]1n1cnc(-c2ccccc2)c1C1CCCSC1. The van der Waals surface area contributed by atoms with Crippen LogP contribution in [0.25, 0.3) is 11.3 Å². The van der Waals surface area contributed by atoms with E-state index in [1.54, 1.807) is 0 Å². The summed E-state index contributed by atoms with van der Waals surface area (Å²) >= 11 is 2.05. The van der Waals surface area contributed by atoms with Gasteiger partial charge in [0.2, 0.25) is 0 Å². The Kier molecular flexibility index (Phi) is 3.97. The Morgan fingerprint density at radius 3 is 2.64 bits per heavy atom. The summed E-state index contributed by atoms with van der Waals surface area (Å²) in [4.78, 5) is 4.74. The van der Waals surface area contributed by atoms with Crippen LogP contribution in [0.3, 0.4) is 0 Å². The molecule has 4 rings (SSSR count). The number of hydrogen-bond acceptors (Lipinski definition) is 3. The van der Waals surface area contributed by atoms with Gasteiger partial charge in [0, 0.05) is 22.9 Å². The lowest BCUT2D eigenvalue weighted by Gasteiger charge is -2.36. The van der Waals surface area contributed by atoms with Crippen LogP contribution in [0.2, 0.25) is 0 Å². The van der Waals surface area contributed by atoms with Gasteiger partial charge in [-0.15, -0.1) is 0 Å². The Morgan fingerprint density at radius 2 is 2.00 bits per heavy atom. The summed E-state index contributed by atoms with van der Waals surface area (Å²) in [6, 6.07) is 10.7. The Morgan fingerprint density at radius 1 is 1.14 bits per heavy atom. The second-order valence-electron chi connectivity index (χ2n) is 6.38. The molecule has 0 amide bonds. The number of thioether (sulfide) groups is 1. The Labute approximate surface area is 135 Å². The van der Waals surface area contributed by atoms with Crippen molar-refractivity contribution in [1.29, 1.82) is 0 Å². The van der Waals surface area contributed by atoms with Crippen molar-refractivity contribution in [2.24, 2.45) is 0 Å². The monoisotopic (exact) mass is 314 g/mol. The fraction of sp³-hybridized carbons (Fsp3) is 0.500. The first kappa shape index (κ1) is 14.3. The van der Waals surface area contributed by atoms with E-state index in [-0.39, 0.29) is 12.1 Å². The van der Waals surface area contributed by atoms with Gasteiger partial charge in [0.25, 0.3) is 0 Å². The summed E-state index contributed by atoms with van der Waals surface area (Å²) in [5.74, 6) is 3.01. The Bertz CT molecular complexity index is 634. The molecule has 1 aromatic carbocycles. The lowest BCUT2D eigenvalue weighted by atomic mass is 9.87. The van der Waals surface area contributed by atoms with E-state index >= 15 is 0 Å². The van der Waals surface area contributed by atoms with Crippen LogP contribution in [0, 0.1) is 0 Å². The van der Waals surface area contributed by atoms with Gasteiger partial charge in [-0.1, -0.05) is 30.3 Å². The number of imidazole rings is 1. The molecule has 2 aromatic rings. The van der Waals surface area contributed by atoms with Crippen LogP contribution in [-0.2, 0) is 0 Å². The molecule has 1 N–H and O–H groups in total. The zero-order valence-corrected chi connectivity index (χ0v) is 13.5. The van der Waals surface area contributed by atoms with Gasteiger partial charge in [-0.25, -0.2) is 4.98 Å². The summed E-state index contributed by atoms with van der Waals surface area (Å²) in [6.07, 6.45) is 6.27. The molecule has 0 bridgehead atoms. The van der Waals surface area contributed by atoms with Crippen molar-refractivity contribution in [2.75, 3.05) is 11.5 Å². The molecule has 1 saturated carbocycles. The molecule has 1 aromatic heterocycles. The van der Waals surface area contributed by atoms with Gasteiger partial charge in [-0.3, -0.25) is 0 Å². The molecule has 2 heterocycles. The van der Waals surface area contributed by atoms with Crippen molar-refractivity contribution in [1.82, 2.24) is 9.55 Å². The number of aliphatic hydroxyl groups is 1. The maximum absolute atomic E-state index is 10.1. The molecule has 2 aliphatic rings. The maximum Gasteiger partial charge on any atom is 0.0959 e. The highest BCUT2D eigenvalue weighted by molar-refractivity contribution is 7.99. The topological polar surface area (TPSA) is 38.0 Å². The average Bonchev–Trinajstić information content (AvgIpc) is 2.99. The number of benzene rings is 1. The smallest absolute Gasteiger partial charge is 0.0959 e. The van der Waals surface area contributed by atoms with Crippen LogP contribution in [0.4, 0.5) is 0 Å². The first-order chi connectivity index (χ1) is 10.8. The molecule has 0 spiro atoms. The van der Waals surface area contributed by atoms with Gasteiger partial charge in [0.1, 0.15) is 0 Å². The number of nitrogens with zero attached hydrogens (tertiary/aromatic N) is 2. The van der Waals surface area contributed by atoms with Crippen molar-refractivity contribution in [2.45, 2.75) is 43.7 Å². The summed E-state index contributed by atoms with van der Waals surface area (Å²) in [5, 5.41) is 10.1. The molecule has 1 aliphatic heterocycles. The fourth-order valence-electron chi connectivity index (χ4n) is 3.60. The molecule has 1 unspecified atom stereocenters. The third kappa shape index (κ3) is 2.48. The van der Waals surface area contributed by atoms with Crippen molar-refractivity contribution in [3.8, 4) is 11.3 Å². The van der Waals surface area contributed by atoms with E-state index in [2.05, 4.69) is 28.8 Å². The van der Waals surface area contributed by atoms with E-state index in [4.69, 9.17) is 4.98 Å². The van der Waals surface area contributed by atoms with E-state index in [1.807, 2.05) is 24.2 Å². The van der Waals surface area contributed by atoms with Crippen LogP contribution >= 0.6 is 11.8 Å². The predicted molar refractivity (Wildman–Crippen MR) is 91.2 cm³/mol. The molecule has 1 aliphatic carbocycles. The first-order valence-electron chi connectivity index (χ1n) is 8.22. The van der Waals surface area contributed by atoms with E-state index in [1.165, 1.54) is 35.6 Å². The van der Waals surface area contributed by atoms with E-state index in [0.29, 0.717) is 5.92 Å². The zero-order valence-electron chi connectivity index (χ0n) is 12.7. The number of hydrogen-bond donors (Lipinski definition) is 1. The molecule has 1 saturated heterocycles. The van der Waals surface area contributed by atoms with Gasteiger partial charge in [-0.2, -0.15) is 11.8 Å². The van der Waals surface area contributed by atoms with Crippen LogP contribution in [0.1, 0.15) is 43.3 Å². The van der Waals surface area contributed by atoms with E-state index in [9.17, 15) is 5.11 Å². The molecule has 2 fully saturated rings. The average molecular weight is 314 g/mol. The van der Waals surface area contributed by atoms with Crippen LogP contribution < -0.4 is 0 Å². The van der Waals surface area contributed by atoms with Crippen molar-refractivity contribution in [3.05, 3.63) is 42.4 Å². The second-order valence-corrected chi connectivity index (χ2v) is 7.53. The van der Waals surface area contributed by atoms with Crippen molar-refractivity contribution >= 4 is 11.8 Å². The minimum absolute atomic E-state index is 0.201. The summed E-state index contributed by atoms with van der Waals surface area (Å²) in [6.45, 7) is 0. The number of rotatable bonds is 3. The molecule has 3 nitrogen and oxygen atoms in total. The third-order valence-electron chi connectivity index (χ3n) is 4.99. The molecular formula is C18H22N2OS. The van der Waals surface area contributed by atoms with E-state index in [0.717, 1.165) is 18.5 Å². The van der Waals surface area contributed by atoms with Gasteiger partial charge in [-0.05, 0) is 31.4 Å². The summed E-state index contributed by atoms with van der Waals surface area (Å²) in [5.41, 5.74) is 3.66. The highest BCUT2D eigenvalue weighted by Crippen LogP contribution is 2.41. The lowest BCUT2D eigenvalue weighted by Crippen LogP contribution is -2.35. The minimum Gasteiger partial charge on any atom is -0.391 e. The molecule has 116 valence electrons. The molecule has 3 atom stereocenters. The molecule has 22 heavy (non-hydrogen) atoms. The summed E-state index contributed by atoms with van der Waals surface area (Å²) in [7, 11) is 0. The normalized spacial score (nSPS) is 28.3. The second kappa shape index (κ2) is 6.09. The quantitative estimate of drug-likeness (QED) is 0.935. The van der Waals surface area contributed by atoms with Crippen LogP contribution in [0.15, 0.2) is 36.7 Å². The van der Waals surface area contributed by atoms with Crippen LogP contribution in [-0.4, -0.2) is 32.3 Å². The highest BCUT2D eigenvalue weighted by Gasteiger charge is 2.34. The third-order valence-corrected chi connectivity index (χ3v) is 6.20. The first-order valence-corrected chi connectivity index (χ1v) is 9.38. The summed E-state index contributed by atoms with van der Waals surface area (Å²) < 4.78 is 2.28. The lowest BCUT2D eigenvalue weighted by molar-refractivity contribution is 0.0299. The molecule has 0 radical (unpaired) electrons. The van der Waals surface area contributed by atoms with Gasteiger partial charge < -0.3 is 9.67 Å². The highest BCUT2D eigenvalue weighted by atomic mass is 32.2. The van der Waals surface area contributed by atoms with E-state index < -0.39 is 0 Å². The Hall–Kier alpha value is -1.26. The largest absolute Gasteiger partial charge is 0.391 e. The van der Waals surface area contributed by atoms with Gasteiger partial charge in [0.05, 0.1) is 24.2 Å². The molecular weight excluding hydrogens is 292 g/mol. The Balaban J connectivity index is 1.77. The van der Waals surface area contributed by atoms with Gasteiger partial charge in [0.15, 0.2) is 0 Å². The number of aromatic nitrogens is 2. The van der Waals surface area contributed by atoms with Crippen LogP contribution in [0.5, 0.6) is 0 Å². The predicted octanol–water partition coefficient (Wildman–Crippen LogP) is 3.86. The fourth-order valence-corrected chi connectivity index (χ4v) is 4.75. The maximum atomic E-state index is 10.1. The zero-order chi connectivity index (χ0) is 14.9. The van der Waals surface area contributed by atoms with Crippen molar-refractivity contribution < 1.29 is 5.11 Å². The molecule has 4 heteroatoms. The number of aliphatic hydroxyl groups excluding tert-OH is 1. The standard InChI is InChI=1S/C18H22N2OS/c21-16-9-8-15(16)20-12-19-17(13-5-2-1-3-6-13)18(20)14-7-4-10-22-11-14/h1-3,5-6,12,14-16,21H,4,7-11H2/t14?,15-,16-/m1/s1. The van der Waals surface area contributed by atoms with Gasteiger partial charge >= 0.3 is 0 Å². The minimum atomic E-state index is -0.201.